The number of nitrogens with zero attached hydrogens (tertiary/aromatic N) is 2. The van der Waals surface area contributed by atoms with Gasteiger partial charge in [0.2, 0.25) is 0 Å². The molecular formula is C15H26N4O2. The van der Waals surface area contributed by atoms with E-state index in [0.717, 1.165) is 38.4 Å². The first-order valence-corrected chi connectivity index (χ1v) is 7.68. The fourth-order valence-electron chi connectivity index (χ4n) is 2.66. The molecule has 0 aliphatic carbocycles. The van der Waals surface area contributed by atoms with E-state index in [-0.39, 0.29) is 12.0 Å². The molecule has 2 N–H and O–H groups in total. The lowest BCUT2D eigenvalue weighted by molar-refractivity contribution is -0.0344. The molecule has 1 atom stereocenters. The van der Waals surface area contributed by atoms with Gasteiger partial charge in [0, 0.05) is 31.9 Å². The molecule has 6 nitrogen and oxygen atoms in total. The van der Waals surface area contributed by atoms with E-state index < -0.39 is 0 Å². The number of aromatic amines is 1. The highest BCUT2D eigenvalue weighted by molar-refractivity contribution is 5.93. The number of H-pyrrole nitrogens is 1. The first-order valence-electron chi connectivity index (χ1n) is 7.68. The van der Waals surface area contributed by atoms with Gasteiger partial charge in [-0.25, -0.2) is 4.98 Å². The van der Waals surface area contributed by atoms with Crippen LogP contribution < -0.4 is 5.32 Å². The Kier molecular flexibility index (Phi) is 5.76. The highest BCUT2D eigenvalue weighted by Crippen LogP contribution is 2.10. The summed E-state index contributed by atoms with van der Waals surface area (Å²) in [5.41, 5.74) is 1.27. The molecule has 21 heavy (non-hydrogen) atoms. The first-order chi connectivity index (χ1) is 10.1. The van der Waals surface area contributed by atoms with Crippen molar-refractivity contribution in [3.63, 3.8) is 0 Å². The molecule has 1 aromatic heterocycles. The van der Waals surface area contributed by atoms with Gasteiger partial charge < -0.3 is 15.0 Å². The van der Waals surface area contributed by atoms with Gasteiger partial charge in [-0.3, -0.25) is 9.69 Å². The van der Waals surface area contributed by atoms with Gasteiger partial charge in [0.1, 0.15) is 5.69 Å². The Balaban J connectivity index is 1.71. The lowest BCUT2D eigenvalue weighted by atomic mass is 10.1. The number of morpholine rings is 1. The number of amides is 1. The number of ether oxygens (including phenoxy) is 1. The Morgan fingerprint density at radius 3 is 3.10 bits per heavy atom. The molecule has 0 unspecified atom stereocenters. The van der Waals surface area contributed by atoms with Crippen LogP contribution in [0.25, 0.3) is 0 Å². The second kappa shape index (κ2) is 7.56. The molecule has 1 saturated heterocycles. The minimum absolute atomic E-state index is 0.122. The van der Waals surface area contributed by atoms with Crippen LogP contribution in [0, 0.1) is 12.8 Å². The lowest BCUT2D eigenvalue weighted by Gasteiger charge is -2.33. The van der Waals surface area contributed by atoms with Crippen LogP contribution in [0.3, 0.4) is 0 Å². The third-order valence-corrected chi connectivity index (χ3v) is 3.64. The Hall–Kier alpha value is -1.40. The van der Waals surface area contributed by atoms with E-state index in [9.17, 15) is 4.79 Å². The van der Waals surface area contributed by atoms with Crippen LogP contribution in [0.5, 0.6) is 0 Å². The normalized spacial score (nSPS) is 19.9. The van der Waals surface area contributed by atoms with Crippen molar-refractivity contribution in [2.45, 2.75) is 33.3 Å². The Labute approximate surface area is 126 Å². The van der Waals surface area contributed by atoms with Gasteiger partial charge in [-0.15, -0.1) is 0 Å². The largest absolute Gasteiger partial charge is 0.375 e. The zero-order chi connectivity index (χ0) is 15.2. The van der Waals surface area contributed by atoms with Crippen molar-refractivity contribution in [2.75, 3.05) is 32.8 Å². The highest BCUT2D eigenvalue weighted by atomic mass is 16.5. The molecule has 6 heteroatoms. The molecule has 118 valence electrons. The van der Waals surface area contributed by atoms with Crippen LogP contribution in [0.15, 0.2) is 6.33 Å². The molecule has 0 saturated carbocycles. The van der Waals surface area contributed by atoms with Gasteiger partial charge in [-0.05, 0) is 19.3 Å². The molecular weight excluding hydrogens is 268 g/mol. The average molecular weight is 294 g/mol. The van der Waals surface area contributed by atoms with E-state index in [1.54, 1.807) is 0 Å². The zero-order valence-corrected chi connectivity index (χ0v) is 13.2. The number of aromatic nitrogens is 2. The maximum Gasteiger partial charge on any atom is 0.271 e. The summed E-state index contributed by atoms with van der Waals surface area (Å²) < 4.78 is 5.77. The smallest absolute Gasteiger partial charge is 0.271 e. The van der Waals surface area contributed by atoms with Crippen LogP contribution in [0.2, 0.25) is 0 Å². The van der Waals surface area contributed by atoms with Crippen molar-refractivity contribution in [3.8, 4) is 0 Å². The summed E-state index contributed by atoms with van der Waals surface area (Å²) in [5, 5.41) is 2.91. The number of hydrogen-bond acceptors (Lipinski definition) is 4. The van der Waals surface area contributed by atoms with Crippen LogP contribution in [-0.4, -0.2) is 59.7 Å². The van der Waals surface area contributed by atoms with Crippen LogP contribution in [0.1, 0.15) is 36.5 Å². The molecule has 0 bridgehead atoms. The monoisotopic (exact) mass is 294 g/mol. The van der Waals surface area contributed by atoms with Crippen LogP contribution in [0.4, 0.5) is 0 Å². The number of rotatable bonds is 6. The van der Waals surface area contributed by atoms with Crippen molar-refractivity contribution in [1.29, 1.82) is 0 Å². The second-order valence-corrected chi connectivity index (χ2v) is 6.07. The van der Waals surface area contributed by atoms with Crippen molar-refractivity contribution in [2.24, 2.45) is 5.92 Å². The molecule has 0 radical (unpaired) electrons. The average Bonchev–Trinajstić information content (AvgIpc) is 2.84. The quantitative estimate of drug-likeness (QED) is 0.827. The Bertz CT molecular complexity index is 458. The van der Waals surface area contributed by atoms with Crippen molar-refractivity contribution in [3.05, 3.63) is 17.7 Å². The summed E-state index contributed by atoms with van der Waals surface area (Å²) in [5.74, 6) is 0.551. The van der Waals surface area contributed by atoms with E-state index in [1.807, 2.05) is 6.92 Å². The number of nitrogens with one attached hydrogen (secondary N) is 2. The van der Waals surface area contributed by atoms with Gasteiger partial charge >= 0.3 is 0 Å². The van der Waals surface area contributed by atoms with E-state index >= 15 is 0 Å². The van der Waals surface area contributed by atoms with Gasteiger partial charge in [0.05, 0.1) is 19.0 Å². The third-order valence-electron chi connectivity index (χ3n) is 3.64. The Morgan fingerprint density at radius 2 is 2.43 bits per heavy atom. The molecule has 1 aromatic rings. The third kappa shape index (κ3) is 4.82. The number of carbonyl (C=O) groups excluding carboxylic acids is 1. The fourth-order valence-corrected chi connectivity index (χ4v) is 2.66. The summed E-state index contributed by atoms with van der Waals surface area (Å²) in [6, 6.07) is 0. The van der Waals surface area contributed by atoms with E-state index in [1.165, 1.54) is 6.33 Å². The lowest BCUT2D eigenvalue weighted by Crippen LogP contribution is -2.45. The standard InChI is InChI=1S/C15H26N4O2/c1-11(2)8-19-6-7-21-13(9-19)4-5-16-15(20)14-12(3)17-10-18-14/h10-11,13H,4-9H2,1-3H3,(H,16,20)(H,17,18)/t13-/m0/s1. The van der Waals surface area contributed by atoms with E-state index in [4.69, 9.17) is 4.74 Å². The maximum absolute atomic E-state index is 11.9. The second-order valence-electron chi connectivity index (χ2n) is 6.07. The number of aryl methyl sites for hydroxylation is 1. The number of carbonyl (C=O) groups is 1. The van der Waals surface area contributed by atoms with Gasteiger partial charge in [0.25, 0.3) is 5.91 Å². The topological polar surface area (TPSA) is 70.2 Å². The number of imidazole rings is 1. The van der Waals surface area contributed by atoms with Crippen LogP contribution in [-0.2, 0) is 4.74 Å². The molecule has 0 spiro atoms. The Morgan fingerprint density at radius 1 is 1.62 bits per heavy atom. The summed E-state index contributed by atoms with van der Waals surface area (Å²) in [4.78, 5) is 21.3. The van der Waals surface area contributed by atoms with Crippen molar-refractivity contribution < 1.29 is 9.53 Å². The summed E-state index contributed by atoms with van der Waals surface area (Å²) in [6.45, 7) is 10.8. The molecule has 0 aromatic carbocycles. The van der Waals surface area contributed by atoms with Gasteiger partial charge in [0.15, 0.2) is 0 Å². The fraction of sp³-hybridized carbons (Fsp3) is 0.733. The highest BCUT2D eigenvalue weighted by Gasteiger charge is 2.21. The molecule has 1 amide bonds. The first kappa shape index (κ1) is 16.0. The molecule has 2 rings (SSSR count). The van der Waals surface area contributed by atoms with Gasteiger partial charge in [-0.1, -0.05) is 13.8 Å². The van der Waals surface area contributed by atoms with Crippen LogP contribution >= 0.6 is 0 Å². The molecule has 1 aliphatic rings. The van der Waals surface area contributed by atoms with Crippen molar-refractivity contribution in [1.82, 2.24) is 20.2 Å². The summed E-state index contributed by atoms with van der Waals surface area (Å²) in [7, 11) is 0. The SMILES string of the molecule is Cc1[nH]cnc1C(=O)NCC[C@H]1CN(CC(C)C)CCO1. The predicted octanol–water partition coefficient (Wildman–Crippen LogP) is 1.19. The zero-order valence-electron chi connectivity index (χ0n) is 13.2. The summed E-state index contributed by atoms with van der Waals surface area (Å²) in [6.07, 6.45) is 2.58. The predicted molar refractivity (Wildman–Crippen MR) is 81.3 cm³/mol. The molecule has 1 fully saturated rings. The van der Waals surface area contributed by atoms with E-state index in [2.05, 4.69) is 34.0 Å². The minimum Gasteiger partial charge on any atom is -0.375 e. The van der Waals surface area contributed by atoms with Gasteiger partial charge in [-0.2, -0.15) is 0 Å². The van der Waals surface area contributed by atoms with Crippen molar-refractivity contribution >= 4 is 5.91 Å². The molecule has 2 heterocycles. The molecule has 1 aliphatic heterocycles. The maximum atomic E-state index is 11.9. The number of hydrogen-bond donors (Lipinski definition) is 2. The minimum atomic E-state index is -0.122. The summed E-state index contributed by atoms with van der Waals surface area (Å²) >= 11 is 0. The van der Waals surface area contributed by atoms with E-state index in [0.29, 0.717) is 18.2 Å².